The van der Waals surface area contributed by atoms with Crippen molar-refractivity contribution in [1.82, 2.24) is 0 Å². The molecule has 112 valence electrons. The van der Waals surface area contributed by atoms with Gasteiger partial charge in [0.05, 0.1) is 11.7 Å². The van der Waals surface area contributed by atoms with Crippen LogP contribution >= 0.6 is 15.9 Å². The molecule has 0 aliphatic heterocycles. The molecule has 1 fully saturated rings. The summed E-state index contributed by atoms with van der Waals surface area (Å²) in [6, 6.07) is 4.07. The van der Waals surface area contributed by atoms with E-state index < -0.39 is 17.8 Å². The SMILES string of the molecule is OC1CCCCC1CNc1ccc(Br)cc1C(F)(F)F. The zero-order chi connectivity index (χ0) is 14.8. The van der Waals surface area contributed by atoms with Crippen LogP contribution in [0.2, 0.25) is 0 Å². The van der Waals surface area contributed by atoms with Crippen LogP contribution in [0.4, 0.5) is 18.9 Å². The third-order valence-electron chi connectivity index (χ3n) is 3.71. The van der Waals surface area contributed by atoms with Gasteiger partial charge in [-0.3, -0.25) is 0 Å². The van der Waals surface area contributed by atoms with Gasteiger partial charge >= 0.3 is 6.18 Å². The number of halogens is 4. The highest BCUT2D eigenvalue weighted by molar-refractivity contribution is 9.10. The third kappa shape index (κ3) is 3.88. The van der Waals surface area contributed by atoms with Gasteiger partial charge in [0.2, 0.25) is 0 Å². The van der Waals surface area contributed by atoms with E-state index in [9.17, 15) is 18.3 Å². The zero-order valence-electron chi connectivity index (χ0n) is 10.9. The number of benzene rings is 1. The molecule has 0 radical (unpaired) electrons. The minimum absolute atomic E-state index is 0.0217. The molecule has 2 unspecified atom stereocenters. The quantitative estimate of drug-likeness (QED) is 0.844. The lowest BCUT2D eigenvalue weighted by molar-refractivity contribution is -0.137. The molecule has 1 aromatic carbocycles. The topological polar surface area (TPSA) is 32.3 Å². The van der Waals surface area contributed by atoms with E-state index in [2.05, 4.69) is 21.2 Å². The number of hydrogen-bond donors (Lipinski definition) is 2. The van der Waals surface area contributed by atoms with E-state index in [1.165, 1.54) is 6.07 Å². The Bertz CT molecular complexity index is 464. The summed E-state index contributed by atoms with van der Waals surface area (Å²) < 4.78 is 39.3. The smallest absolute Gasteiger partial charge is 0.393 e. The highest BCUT2D eigenvalue weighted by atomic mass is 79.9. The molecule has 0 spiro atoms. The maximum atomic E-state index is 13.0. The average molecular weight is 352 g/mol. The Morgan fingerprint density at radius 3 is 2.60 bits per heavy atom. The molecule has 1 aromatic rings. The summed E-state index contributed by atoms with van der Waals surface area (Å²) in [5.74, 6) is 0.0217. The van der Waals surface area contributed by atoms with Crippen molar-refractivity contribution >= 4 is 21.6 Å². The summed E-state index contributed by atoms with van der Waals surface area (Å²) in [5, 5.41) is 12.7. The van der Waals surface area contributed by atoms with Crippen LogP contribution in [0.5, 0.6) is 0 Å². The highest BCUT2D eigenvalue weighted by Crippen LogP contribution is 2.37. The van der Waals surface area contributed by atoms with Crippen molar-refractivity contribution < 1.29 is 18.3 Å². The van der Waals surface area contributed by atoms with Crippen LogP contribution in [0.25, 0.3) is 0 Å². The van der Waals surface area contributed by atoms with Crippen LogP contribution < -0.4 is 5.32 Å². The van der Waals surface area contributed by atoms with Crippen molar-refractivity contribution in [2.24, 2.45) is 5.92 Å². The monoisotopic (exact) mass is 351 g/mol. The molecule has 20 heavy (non-hydrogen) atoms. The first-order chi connectivity index (χ1) is 9.38. The second-order valence-corrected chi connectivity index (χ2v) is 6.10. The van der Waals surface area contributed by atoms with Gasteiger partial charge in [0.1, 0.15) is 0 Å². The molecule has 2 atom stereocenters. The minimum atomic E-state index is -4.39. The Kier molecular flexibility index (Phi) is 4.96. The molecule has 0 amide bonds. The zero-order valence-corrected chi connectivity index (χ0v) is 12.5. The maximum absolute atomic E-state index is 13.0. The molecule has 2 N–H and O–H groups in total. The van der Waals surface area contributed by atoms with Gasteiger partial charge in [0.25, 0.3) is 0 Å². The third-order valence-corrected chi connectivity index (χ3v) is 4.20. The van der Waals surface area contributed by atoms with Crippen molar-refractivity contribution in [2.45, 2.75) is 38.0 Å². The first-order valence-electron chi connectivity index (χ1n) is 6.66. The van der Waals surface area contributed by atoms with Crippen LogP contribution in [-0.4, -0.2) is 17.8 Å². The van der Waals surface area contributed by atoms with Crippen LogP contribution in [0.15, 0.2) is 22.7 Å². The maximum Gasteiger partial charge on any atom is 0.418 e. The Balaban J connectivity index is 2.09. The van der Waals surface area contributed by atoms with Crippen LogP contribution in [-0.2, 0) is 6.18 Å². The number of nitrogens with one attached hydrogen (secondary N) is 1. The van der Waals surface area contributed by atoms with Gasteiger partial charge < -0.3 is 10.4 Å². The molecule has 0 bridgehead atoms. The summed E-state index contributed by atoms with van der Waals surface area (Å²) in [6.07, 6.45) is -1.21. The normalized spacial score (nSPS) is 23.6. The fourth-order valence-electron chi connectivity index (χ4n) is 2.57. The Labute approximate surface area is 124 Å². The molecule has 1 aliphatic rings. The fourth-order valence-corrected chi connectivity index (χ4v) is 2.93. The van der Waals surface area contributed by atoms with Crippen LogP contribution in [0, 0.1) is 5.92 Å². The molecular weight excluding hydrogens is 335 g/mol. The second kappa shape index (κ2) is 6.35. The van der Waals surface area contributed by atoms with Gasteiger partial charge in [-0.25, -0.2) is 0 Å². The van der Waals surface area contributed by atoms with E-state index in [0.717, 1.165) is 31.7 Å². The lowest BCUT2D eigenvalue weighted by atomic mass is 9.86. The predicted octanol–water partition coefficient (Wildman–Crippen LogP) is 4.43. The predicted molar refractivity (Wildman–Crippen MR) is 75.6 cm³/mol. The Morgan fingerprint density at radius 1 is 1.25 bits per heavy atom. The van der Waals surface area contributed by atoms with Crippen molar-refractivity contribution in [2.75, 3.05) is 11.9 Å². The first kappa shape index (κ1) is 15.6. The fraction of sp³-hybridized carbons (Fsp3) is 0.571. The lowest BCUT2D eigenvalue weighted by Crippen LogP contribution is -2.30. The van der Waals surface area contributed by atoms with Crippen LogP contribution in [0.3, 0.4) is 0 Å². The molecule has 0 aromatic heterocycles. The lowest BCUT2D eigenvalue weighted by Gasteiger charge is -2.28. The molecule has 6 heteroatoms. The summed E-state index contributed by atoms with van der Waals surface area (Å²) in [4.78, 5) is 0. The van der Waals surface area contributed by atoms with E-state index in [4.69, 9.17) is 0 Å². The molecular formula is C14H17BrF3NO. The second-order valence-electron chi connectivity index (χ2n) is 5.18. The van der Waals surface area contributed by atoms with Gasteiger partial charge in [-0.15, -0.1) is 0 Å². The van der Waals surface area contributed by atoms with E-state index in [-0.39, 0.29) is 11.6 Å². The summed E-state index contributed by atoms with van der Waals surface area (Å²) in [6.45, 7) is 0.367. The Hall–Kier alpha value is -0.750. The standard InChI is InChI=1S/C14H17BrF3NO/c15-10-5-6-12(11(7-10)14(16,17)18)19-8-9-3-1-2-4-13(9)20/h5-7,9,13,19-20H,1-4,8H2. The van der Waals surface area contributed by atoms with Gasteiger partial charge in [-0.1, -0.05) is 28.8 Å². The number of rotatable bonds is 3. The highest BCUT2D eigenvalue weighted by Gasteiger charge is 2.34. The summed E-state index contributed by atoms with van der Waals surface area (Å²) >= 11 is 3.06. The van der Waals surface area contributed by atoms with Crippen molar-refractivity contribution in [3.05, 3.63) is 28.2 Å². The summed E-state index contributed by atoms with van der Waals surface area (Å²) in [7, 11) is 0. The van der Waals surface area contributed by atoms with Crippen molar-refractivity contribution in [1.29, 1.82) is 0 Å². The van der Waals surface area contributed by atoms with Crippen molar-refractivity contribution in [3.8, 4) is 0 Å². The average Bonchev–Trinajstić information content (AvgIpc) is 2.38. The molecule has 2 nitrogen and oxygen atoms in total. The molecule has 1 saturated carbocycles. The molecule has 1 aliphatic carbocycles. The number of aliphatic hydroxyl groups is 1. The number of hydrogen-bond acceptors (Lipinski definition) is 2. The number of anilines is 1. The van der Waals surface area contributed by atoms with Gasteiger partial charge in [0.15, 0.2) is 0 Å². The summed E-state index contributed by atoms with van der Waals surface area (Å²) in [5.41, 5.74) is -0.615. The number of alkyl halides is 3. The largest absolute Gasteiger partial charge is 0.418 e. The van der Waals surface area contributed by atoms with Gasteiger partial charge in [-0.2, -0.15) is 13.2 Å². The first-order valence-corrected chi connectivity index (χ1v) is 7.46. The minimum Gasteiger partial charge on any atom is -0.393 e. The Morgan fingerprint density at radius 2 is 1.95 bits per heavy atom. The van der Waals surface area contributed by atoms with E-state index >= 15 is 0 Å². The molecule has 0 heterocycles. The van der Waals surface area contributed by atoms with E-state index in [1.807, 2.05) is 0 Å². The number of aliphatic hydroxyl groups excluding tert-OH is 1. The molecule has 2 rings (SSSR count). The van der Waals surface area contributed by atoms with E-state index in [1.54, 1.807) is 6.07 Å². The van der Waals surface area contributed by atoms with Crippen LogP contribution in [0.1, 0.15) is 31.2 Å². The van der Waals surface area contributed by atoms with Gasteiger partial charge in [0, 0.05) is 22.6 Å². The van der Waals surface area contributed by atoms with Crippen molar-refractivity contribution in [3.63, 3.8) is 0 Å². The molecule has 0 saturated heterocycles. The van der Waals surface area contributed by atoms with Gasteiger partial charge in [-0.05, 0) is 31.0 Å². The van der Waals surface area contributed by atoms with E-state index in [0.29, 0.717) is 11.0 Å².